The minimum Gasteiger partial charge on any atom is -0.349 e. The Kier molecular flexibility index (Phi) is 5.17. The smallest absolute Gasteiger partial charge is 0.174 e. The normalized spacial score (nSPS) is 11.5. The molecule has 1 heterocycles. The van der Waals surface area contributed by atoms with Crippen molar-refractivity contribution in [1.82, 2.24) is 15.2 Å². The summed E-state index contributed by atoms with van der Waals surface area (Å²) >= 11 is 5.38. The van der Waals surface area contributed by atoms with E-state index in [1.165, 1.54) is 0 Å². The third-order valence-corrected chi connectivity index (χ3v) is 4.07. The van der Waals surface area contributed by atoms with Gasteiger partial charge in [-0.1, -0.05) is 60.2 Å². The highest BCUT2D eigenvalue weighted by atomic mass is 32.1. The molecule has 2 N–H and O–H groups in total. The van der Waals surface area contributed by atoms with E-state index in [2.05, 4.69) is 26.6 Å². The number of rotatable bonds is 5. The number of nitrogens with one attached hydrogen (secondary N) is 2. The van der Waals surface area contributed by atoms with Crippen LogP contribution in [0.15, 0.2) is 54.6 Å². The Morgan fingerprint density at radius 1 is 1.20 bits per heavy atom. The SMILES string of the molecule is Cc1ccc(NC(=S)C(C#N)c2n[nH]c(Cc3ccccc3)n2)cc1. The number of hydrogen-bond acceptors (Lipinski definition) is 4. The van der Waals surface area contributed by atoms with Gasteiger partial charge in [0.25, 0.3) is 0 Å². The van der Waals surface area contributed by atoms with E-state index in [0.29, 0.717) is 23.1 Å². The fourth-order valence-corrected chi connectivity index (χ4v) is 2.67. The van der Waals surface area contributed by atoms with Crippen LogP contribution in [-0.2, 0) is 6.42 Å². The van der Waals surface area contributed by atoms with Gasteiger partial charge in [-0.15, -0.1) is 0 Å². The van der Waals surface area contributed by atoms with Crippen LogP contribution in [0, 0.1) is 18.3 Å². The molecule has 25 heavy (non-hydrogen) atoms. The largest absolute Gasteiger partial charge is 0.349 e. The van der Waals surface area contributed by atoms with Gasteiger partial charge in [0.2, 0.25) is 0 Å². The molecule has 0 saturated carbocycles. The zero-order valence-electron chi connectivity index (χ0n) is 13.7. The highest BCUT2D eigenvalue weighted by Gasteiger charge is 2.21. The summed E-state index contributed by atoms with van der Waals surface area (Å²) in [5, 5.41) is 19.7. The van der Waals surface area contributed by atoms with Crippen molar-refractivity contribution in [2.75, 3.05) is 5.32 Å². The van der Waals surface area contributed by atoms with Gasteiger partial charge >= 0.3 is 0 Å². The molecule has 0 aliphatic rings. The second-order valence-corrected chi connectivity index (χ2v) is 6.16. The standard InChI is InChI=1S/C19H17N5S/c1-13-7-9-15(10-8-13)21-19(25)16(12-20)18-22-17(23-24-18)11-14-5-3-2-4-6-14/h2-10,16H,11H2,1H3,(H,21,25)(H,22,23,24). The number of H-pyrrole nitrogens is 1. The maximum atomic E-state index is 9.50. The lowest BCUT2D eigenvalue weighted by Gasteiger charge is -2.10. The summed E-state index contributed by atoms with van der Waals surface area (Å²) in [5.74, 6) is 0.398. The lowest BCUT2D eigenvalue weighted by atomic mass is 10.1. The Bertz CT molecular complexity index is 894. The molecule has 0 amide bonds. The number of aromatic nitrogens is 3. The highest BCUT2D eigenvalue weighted by molar-refractivity contribution is 7.80. The highest BCUT2D eigenvalue weighted by Crippen LogP contribution is 2.17. The lowest BCUT2D eigenvalue weighted by molar-refractivity contribution is 0.949. The molecular weight excluding hydrogens is 330 g/mol. The molecule has 6 heteroatoms. The number of aromatic amines is 1. The average Bonchev–Trinajstić information content (AvgIpc) is 3.06. The predicted molar refractivity (Wildman–Crippen MR) is 101 cm³/mol. The molecule has 0 radical (unpaired) electrons. The molecule has 1 unspecified atom stereocenters. The van der Waals surface area contributed by atoms with Crippen molar-refractivity contribution in [2.24, 2.45) is 0 Å². The van der Waals surface area contributed by atoms with Crippen LogP contribution in [0.1, 0.15) is 28.7 Å². The second-order valence-electron chi connectivity index (χ2n) is 5.72. The van der Waals surface area contributed by atoms with Crippen LogP contribution < -0.4 is 5.32 Å². The number of nitrogens with zero attached hydrogens (tertiary/aromatic N) is 3. The predicted octanol–water partition coefficient (Wildman–Crippen LogP) is 3.75. The summed E-state index contributed by atoms with van der Waals surface area (Å²) in [7, 11) is 0. The monoisotopic (exact) mass is 347 g/mol. The van der Waals surface area contributed by atoms with Gasteiger partial charge in [0, 0.05) is 12.1 Å². The molecular formula is C19H17N5S. The van der Waals surface area contributed by atoms with Crippen LogP contribution in [0.25, 0.3) is 0 Å². The number of nitriles is 1. The zero-order valence-corrected chi connectivity index (χ0v) is 14.5. The van der Waals surface area contributed by atoms with Crippen LogP contribution in [0.2, 0.25) is 0 Å². The number of thiocarbonyl (C=S) groups is 1. The number of anilines is 1. The third-order valence-electron chi connectivity index (χ3n) is 3.73. The Balaban J connectivity index is 1.71. The molecule has 0 fully saturated rings. The van der Waals surface area contributed by atoms with Gasteiger partial charge in [-0.2, -0.15) is 10.4 Å². The average molecular weight is 347 g/mol. The van der Waals surface area contributed by atoms with Gasteiger partial charge in [-0.25, -0.2) is 4.98 Å². The third kappa shape index (κ3) is 4.28. The molecule has 1 aromatic heterocycles. The van der Waals surface area contributed by atoms with Crippen LogP contribution in [0.3, 0.4) is 0 Å². The van der Waals surface area contributed by atoms with Crippen LogP contribution in [-0.4, -0.2) is 20.2 Å². The summed E-state index contributed by atoms with van der Waals surface area (Å²) in [4.78, 5) is 4.82. The Labute approximate surface area is 151 Å². The van der Waals surface area contributed by atoms with E-state index in [0.717, 1.165) is 16.8 Å². The van der Waals surface area contributed by atoms with E-state index in [1.807, 2.05) is 61.5 Å². The summed E-state index contributed by atoms with van der Waals surface area (Å²) < 4.78 is 0. The Hall–Kier alpha value is -3.04. The molecule has 0 aliphatic carbocycles. The van der Waals surface area contributed by atoms with Gasteiger partial charge in [0.15, 0.2) is 11.7 Å². The molecule has 124 valence electrons. The fourth-order valence-electron chi connectivity index (χ4n) is 2.39. The van der Waals surface area contributed by atoms with Crippen molar-refractivity contribution in [3.63, 3.8) is 0 Å². The van der Waals surface area contributed by atoms with E-state index in [9.17, 15) is 5.26 Å². The van der Waals surface area contributed by atoms with Crippen LogP contribution in [0.5, 0.6) is 0 Å². The van der Waals surface area contributed by atoms with Crippen molar-refractivity contribution in [2.45, 2.75) is 19.3 Å². The molecule has 5 nitrogen and oxygen atoms in total. The van der Waals surface area contributed by atoms with Gasteiger partial charge in [-0.3, -0.25) is 5.10 Å². The van der Waals surface area contributed by atoms with Gasteiger partial charge in [0.05, 0.1) is 6.07 Å². The van der Waals surface area contributed by atoms with Crippen molar-refractivity contribution >= 4 is 22.9 Å². The maximum Gasteiger partial charge on any atom is 0.174 e. The van der Waals surface area contributed by atoms with Crippen molar-refractivity contribution < 1.29 is 0 Å². The first-order chi connectivity index (χ1) is 12.2. The molecule has 0 bridgehead atoms. The summed E-state index contributed by atoms with van der Waals surface area (Å²) in [6.45, 7) is 2.02. The minimum atomic E-state index is -0.697. The number of aryl methyl sites for hydroxylation is 1. The lowest BCUT2D eigenvalue weighted by Crippen LogP contribution is -2.19. The molecule has 0 spiro atoms. The zero-order chi connectivity index (χ0) is 17.6. The minimum absolute atomic E-state index is 0.386. The van der Waals surface area contributed by atoms with Crippen molar-refractivity contribution in [3.05, 3.63) is 77.4 Å². The molecule has 3 rings (SSSR count). The van der Waals surface area contributed by atoms with E-state index in [-0.39, 0.29) is 0 Å². The Morgan fingerprint density at radius 3 is 2.60 bits per heavy atom. The van der Waals surface area contributed by atoms with Crippen LogP contribution >= 0.6 is 12.2 Å². The topological polar surface area (TPSA) is 77.4 Å². The number of benzene rings is 2. The van der Waals surface area contributed by atoms with Crippen molar-refractivity contribution in [3.8, 4) is 6.07 Å². The first kappa shape index (κ1) is 16.8. The van der Waals surface area contributed by atoms with E-state index >= 15 is 0 Å². The molecule has 2 aromatic carbocycles. The number of hydrogen-bond donors (Lipinski definition) is 2. The Morgan fingerprint density at radius 2 is 1.92 bits per heavy atom. The second kappa shape index (κ2) is 7.69. The summed E-state index contributed by atoms with van der Waals surface area (Å²) in [6.07, 6.45) is 0.629. The first-order valence-corrected chi connectivity index (χ1v) is 8.29. The van der Waals surface area contributed by atoms with E-state index < -0.39 is 5.92 Å². The summed E-state index contributed by atoms with van der Waals surface area (Å²) in [5.41, 5.74) is 3.13. The van der Waals surface area contributed by atoms with Gasteiger partial charge in [0.1, 0.15) is 10.8 Å². The maximum absolute atomic E-state index is 9.50. The van der Waals surface area contributed by atoms with Crippen LogP contribution in [0.4, 0.5) is 5.69 Å². The molecule has 0 saturated heterocycles. The van der Waals surface area contributed by atoms with Gasteiger partial charge < -0.3 is 5.32 Å². The first-order valence-electron chi connectivity index (χ1n) is 7.88. The van der Waals surface area contributed by atoms with E-state index in [1.54, 1.807) is 0 Å². The fraction of sp³-hybridized carbons (Fsp3) is 0.158. The summed E-state index contributed by atoms with van der Waals surface area (Å²) in [6, 6.07) is 20.0. The molecule has 0 aliphatic heterocycles. The molecule has 3 aromatic rings. The van der Waals surface area contributed by atoms with Crippen molar-refractivity contribution in [1.29, 1.82) is 5.26 Å². The van der Waals surface area contributed by atoms with E-state index in [4.69, 9.17) is 12.2 Å². The molecule has 1 atom stereocenters. The quantitative estimate of drug-likeness (QED) is 0.687. The van der Waals surface area contributed by atoms with Gasteiger partial charge in [-0.05, 0) is 24.6 Å².